The minimum absolute atomic E-state index is 0. The molecule has 1 unspecified atom stereocenters. The van der Waals surface area contributed by atoms with Crippen molar-refractivity contribution in [2.45, 2.75) is 108 Å². The van der Waals surface area contributed by atoms with E-state index in [-0.39, 0.29) is 42.5 Å². The molecular formula is C36H50IrNO2-. The number of ketones is 1. The van der Waals surface area contributed by atoms with E-state index in [0.29, 0.717) is 5.92 Å². The zero-order valence-corrected chi connectivity index (χ0v) is 29.4. The zero-order chi connectivity index (χ0) is 29.9. The molecule has 0 saturated heterocycles. The van der Waals surface area contributed by atoms with Crippen LogP contribution < -0.4 is 0 Å². The largest absolute Gasteiger partial charge is 0.512 e. The van der Waals surface area contributed by atoms with Crippen LogP contribution in [0.5, 0.6) is 0 Å². The molecule has 40 heavy (non-hydrogen) atoms. The van der Waals surface area contributed by atoms with Crippen LogP contribution in [0.4, 0.5) is 0 Å². The number of fused-ring (bicyclic) bond motifs is 1. The van der Waals surface area contributed by atoms with E-state index < -0.39 is 5.41 Å². The number of aliphatic hydroxyl groups excluding tert-OH is 1. The predicted molar refractivity (Wildman–Crippen MR) is 168 cm³/mol. The number of aromatic nitrogens is 1. The van der Waals surface area contributed by atoms with Gasteiger partial charge in [0.25, 0.3) is 0 Å². The van der Waals surface area contributed by atoms with Gasteiger partial charge in [0.1, 0.15) is 5.76 Å². The van der Waals surface area contributed by atoms with E-state index in [2.05, 4.69) is 84.9 Å². The van der Waals surface area contributed by atoms with Gasteiger partial charge >= 0.3 is 0 Å². The van der Waals surface area contributed by atoms with E-state index in [0.717, 1.165) is 17.7 Å². The molecule has 221 valence electrons. The van der Waals surface area contributed by atoms with Gasteiger partial charge < -0.3 is 10.1 Å². The maximum atomic E-state index is 11.5. The second kappa shape index (κ2) is 13.6. The average molecular weight is 721 g/mol. The summed E-state index contributed by atoms with van der Waals surface area (Å²) in [6.07, 6.45) is 4.41. The van der Waals surface area contributed by atoms with Crippen LogP contribution in [-0.2, 0) is 30.3 Å². The predicted octanol–water partition coefficient (Wildman–Crippen LogP) is 10.2. The summed E-state index contributed by atoms with van der Waals surface area (Å²) in [6, 6.07) is 14.9. The number of nitrogens with zero attached hydrogens (tertiary/aromatic N) is 1. The van der Waals surface area contributed by atoms with Crippen molar-refractivity contribution in [3.05, 3.63) is 76.7 Å². The van der Waals surface area contributed by atoms with Crippen molar-refractivity contribution in [1.82, 2.24) is 4.98 Å². The maximum absolute atomic E-state index is 11.5. The van der Waals surface area contributed by atoms with Gasteiger partial charge in [-0.1, -0.05) is 95.2 Å². The minimum atomic E-state index is -0.417. The second-order valence-corrected chi connectivity index (χ2v) is 14.0. The van der Waals surface area contributed by atoms with Gasteiger partial charge in [-0.3, -0.25) is 4.79 Å². The van der Waals surface area contributed by atoms with Crippen LogP contribution in [0, 0.1) is 30.7 Å². The van der Waals surface area contributed by atoms with Crippen LogP contribution in [0.25, 0.3) is 22.0 Å². The number of aliphatic hydroxyl groups is 1. The first-order valence-electron chi connectivity index (χ1n) is 14.1. The van der Waals surface area contributed by atoms with Crippen LogP contribution in [0.2, 0.25) is 0 Å². The van der Waals surface area contributed by atoms with Gasteiger partial charge in [0.2, 0.25) is 0 Å². The van der Waals surface area contributed by atoms with Crippen LogP contribution in [-0.4, -0.2) is 15.9 Å². The van der Waals surface area contributed by atoms with Crippen LogP contribution in [0.3, 0.4) is 0 Å². The van der Waals surface area contributed by atoms with Gasteiger partial charge in [0.15, 0.2) is 5.78 Å². The zero-order valence-electron chi connectivity index (χ0n) is 27.0. The van der Waals surface area contributed by atoms with E-state index in [1.165, 1.54) is 39.1 Å². The fourth-order valence-corrected chi connectivity index (χ4v) is 4.07. The Morgan fingerprint density at radius 1 is 0.950 bits per heavy atom. The molecule has 0 amide bonds. The molecule has 1 atom stereocenters. The minimum Gasteiger partial charge on any atom is -0.512 e. The third kappa shape index (κ3) is 9.38. The molecule has 1 N–H and O–H groups in total. The summed E-state index contributed by atoms with van der Waals surface area (Å²) in [7, 11) is 0. The summed E-state index contributed by atoms with van der Waals surface area (Å²) < 4.78 is 0. The molecule has 1 aromatic heterocycles. The fraction of sp³-hybridized carbons (Fsp3) is 0.500. The summed E-state index contributed by atoms with van der Waals surface area (Å²) in [5.74, 6) is 0.658. The number of hydrogen-bond donors (Lipinski definition) is 1. The molecule has 2 aromatic carbocycles. The van der Waals surface area contributed by atoms with E-state index in [4.69, 9.17) is 4.98 Å². The Labute approximate surface area is 257 Å². The van der Waals surface area contributed by atoms with E-state index >= 15 is 0 Å². The first-order valence-corrected chi connectivity index (χ1v) is 14.1. The molecule has 3 rings (SSSR count). The van der Waals surface area contributed by atoms with Gasteiger partial charge in [0.05, 0.1) is 0 Å². The summed E-state index contributed by atoms with van der Waals surface area (Å²) in [6.45, 7) is 26.8. The Morgan fingerprint density at radius 2 is 1.55 bits per heavy atom. The first-order chi connectivity index (χ1) is 17.8. The third-order valence-corrected chi connectivity index (χ3v) is 7.19. The Morgan fingerprint density at radius 3 is 2.05 bits per heavy atom. The number of pyridine rings is 1. The molecule has 0 spiro atoms. The van der Waals surface area contributed by atoms with Gasteiger partial charge in [-0.15, -0.1) is 34.9 Å². The molecule has 1 radical (unpaired) electrons. The molecule has 0 aliphatic heterocycles. The fourth-order valence-electron chi connectivity index (χ4n) is 4.07. The van der Waals surface area contributed by atoms with Crippen molar-refractivity contribution in [3.8, 4) is 11.3 Å². The number of allylic oxidation sites excluding steroid dienone is 2. The number of carbonyl (C=O) groups excluding carboxylic acids is 1. The average Bonchev–Trinajstić information content (AvgIpc) is 2.81. The van der Waals surface area contributed by atoms with Crippen molar-refractivity contribution in [2.24, 2.45) is 10.8 Å². The number of hydrogen-bond acceptors (Lipinski definition) is 3. The molecule has 4 heteroatoms. The van der Waals surface area contributed by atoms with Crippen molar-refractivity contribution in [1.29, 1.82) is 0 Å². The van der Waals surface area contributed by atoms with Gasteiger partial charge in [0, 0.05) is 43.2 Å². The van der Waals surface area contributed by atoms with Crippen molar-refractivity contribution in [3.63, 3.8) is 0 Å². The Bertz CT molecular complexity index is 1350. The number of carbonyl (C=O) groups is 1. The molecule has 1 heterocycles. The van der Waals surface area contributed by atoms with E-state index in [1.54, 1.807) is 0 Å². The van der Waals surface area contributed by atoms with E-state index in [1.807, 2.05) is 47.7 Å². The topological polar surface area (TPSA) is 50.2 Å². The van der Waals surface area contributed by atoms with Crippen molar-refractivity contribution >= 4 is 16.6 Å². The SMILES string of the molecule is CC(C)(C)C(=O)/C=C(\O)C(C)(C)C.CCC(C)c1cc(C)c2ccnc(-c3[c-]c(C)cc(C(C)(C)C)c3)c2c1.[Ir]. The number of benzene rings is 2. The van der Waals surface area contributed by atoms with Crippen LogP contribution in [0.15, 0.2) is 48.4 Å². The quantitative estimate of drug-likeness (QED) is 0.166. The molecular weight excluding hydrogens is 671 g/mol. The molecule has 0 aliphatic rings. The standard InChI is InChI=1S/C25H30N.C11H20O2.Ir/c1-8-17(3)19-13-18(4)22-9-10-26-24(23(22)15-19)20-11-16(2)12-21(14-20)25(5,6)7;1-10(2,3)8(12)7-9(13)11(4,5)6;/h9-10,12-15,17H,8H2,1-7H3;7,12H,1-6H3;/q-1;;/b;8-7-;. The Balaban J connectivity index is 0.000000489. The summed E-state index contributed by atoms with van der Waals surface area (Å²) >= 11 is 0. The summed E-state index contributed by atoms with van der Waals surface area (Å²) in [4.78, 5) is 16.3. The van der Waals surface area contributed by atoms with Crippen LogP contribution >= 0.6 is 0 Å². The van der Waals surface area contributed by atoms with Gasteiger partial charge in [-0.05, 0) is 58.3 Å². The number of aryl methyl sites for hydroxylation is 2. The molecule has 3 aromatic rings. The molecule has 0 aliphatic carbocycles. The summed E-state index contributed by atoms with van der Waals surface area (Å²) in [5.41, 5.74) is 6.71. The van der Waals surface area contributed by atoms with Crippen molar-refractivity contribution < 1.29 is 30.0 Å². The normalized spacial score (nSPS) is 13.3. The third-order valence-electron chi connectivity index (χ3n) is 7.19. The Kier molecular flexibility index (Phi) is 12.1. The summed E-state index contributed by atoms with van der Waals surface area (Å²) in [5, 5.41) is 12.1. The van der Waals surface area contributed by atoms with Crippen LogP contribution in [0.1, 0.15) is 111 Å². The maximum Gasteiger partial charge on any atom is 0.164 e. The molecule has 0 bridgehead atoms. The molecule has 0 fully saturated rings. The molecule has 3 nitrogen and oxygen atoms in total. The monoisotopic (exact) mass is 721 g/mol. The second-order valence-electron chi connectivity index (χ2n) is 14.0. The van der Waals surface area contributed by atoms with Crippen molar-refractivity contribution in [2.75, 3.05) is 0 Å². The number of rotatable bonds is 4. The van der Waals surface area contributed by atoms with Gasteiger partial charge in [-0.25, -0.2) is 0 Å². The molecule has 0 saturated carbocycles. The smallest absolute Gasteiger partial charge is 0.164 e. The van der Waals surface area contributed by atoms with E-state index in [9.17, 15) is 9.90 Å². The van der Waals surface area contributed by atoms with Gasteiger partial charge in [-0.2, -0.15) is 0 Å². The Hall–Kier alpha value is -2.29. The first kappa shape index (κ1) is 35.7.